The summed E-state index contributed by atoms with van der Waals surface area (Å²) < 4.78 is 23.4. The van der Waals surface area contributed by atoms with Gasteiger partial charge < -0.3 is 10.6 Å². The van der Waals surface area contributed by atoms with Crippen molar-refractivity contribution in [3.63, 3.8) is 0 Å². The Morgan fingerprint density at radius 3 is 2.50 bits per heavy atom. The third-order valence-electron chi connectivity index (χ3n) is 4.47. The maximum absolute atomic E-state index is 11.3. The van der Waals surface area contributed by atoms with Gasteiger partial charge in [-0.2, -0.15) is 4.98 Å². The highest BCUT2D eigenvalue weighted by atomic mass is 79.9. The maximum atomic E-state index is 11.3. The molecule has 0 unspecified atom stereocenters. The summed E-state index contributed by atoms with van der Waals surface area (Å²) in [5, 5.41) is 11.6. The Balaban J connectivity index is 1.66. The Bertz CT molecular complexity index is 852. The highest BCUT2D eigenvalue weighted by molar-refractivity contribution is 9.10. The summed E-state index contributed by atoms with van der Waals surface area (Å²) in [5.41, 5.74) is 0.679. The van der Waals surface area contributed by atoms with Gasteiger partial charge in [-0.25, -0.2) is 18.5 Å². The van der Waals surface area contributed by atoms with Crippen LogP contribution in [-0.2, 0) is 10.0 Å². The molecule has 1 saturated carbocycles. The minimum atomic E-state index is -3.70. The van der Waals surface area contributed by atoms with E-state index in [1.807, 2.05) is 0 Å². The third kappa shape index (κ3) is 5.15. The summed E-state index contributed by atoms with van der Waals surface area (Å²) in [6.07, 6.45) is 8.16. The van der Waals surface area contributed by atoms with E-state index in [4.69, 9.17) is 5.14 Å². The average molecular weight is 440 g/mol. The van der Waals surface area contributed by atoms with Gasteiger partial charge in [0, 0.05) is 18.4 Å². The molecule has 0 aliphatic heterocycles. The highest BCUT2D eigenvalue weighted by Crippen LogP contribution is 2.26. The van der Waals surface area contributed by atoms with E-state index in [0.717, 1.165) is 16.8 Å². The zero-order valence-corrected chi connectivity index (χ0v) is 16.7. The maximum Gasteiger partial charge on any atom is 0.238 e. The van der Waals surface area contributed by atoms with E-state index in [1.54, 1.807) is 18.3 Å². The topological polar surface area (TPSA) is 110 Å². The minimum absolute atomic E-state index is 0.0645. The SMILES string of the molecule is NS(=O)(=O)c1ccc(Nc2ncc(Br)c(NCC3CCCCC3)n2)cc1. The lowest BCUT2D eigenvalue weighted by Gasteiger charge is -2.22. The number of nitrogens with zero attached hydrogens (tertiary/aromatic N) is 2. The Morgan fingerprint density at radius 1 is 1.15 bits per heavy atom. The van der Waals surface area contributed by atoms with Gasteiger partial charge >= 0.3 is 0 Å². The van der Waals surface area contributed by atoms with Gasteiger partial charge in [-0.1, -0.05) is 19.3 Å². The van der Waals surface area contributed by atoms with E-state index in [1.165, 1.54) is 44.2 Å². The second-order valence-electron chi connectivity index (χ2n) is 6.47. The first-order valence-electron chi connectivity index (χ1n) is 8.58. The lowest BCUT2D eigenvalue weighted by atomic mass is 9.89. The van der Waals surface area contributed by atoms with Crippen LogP contribution in [-0.4, -0.2) is 24.9 Å². The molecular weight excluding hydrogens is 418 g/mol. The van der Waals surface area contributed by atoms with Crippen molar-refractivity contribution in [1.82, 2.24) is 9.97 Å². The van der Waals surface area contributed by atoms with Crippen molar-refractivity contribution in [3.8, 4) is 0 Å². The summed E-state index contributed by atoms with van der Waals surface area (Å²) in [5.74, 6) is 1.87. The lowest BCUT2D eigenvalue weighted by molar-refractivity contribution is 0.373. The predicted octanol–water partition coefficient (Wildman–Crippen LogP) is 3.62. The van der Waals surface area contributed by atoms with Crippen molar-refractivity contribution < 1.29 is 8.42 Å². The minimum Gasteiger partial charge on any atom is -0.369 e. The van der Waals surface area contributed by atoms with E-state index in [-0.39, 0.29) is 4.90 Å². The standard InChI is InChI=1S/C17H22BrN5O2S/c18-15-11-21-17(22-13-6-8-14(9-7-13)26(19,24)25)23-16(15)20-10-12-4-2-1-3-5-12/h6-9,11-12H,1-5,10H2,(H2,19,24,25)(H2,20,21,22,23). The van der Waals surface area contributed by atoms with Crippen LogP contribution in [0.3, 0.4) is 0 Å². The van der Waals surface area contributed by atoms with Crippen LogP contribution in [0, 0.1) is 5.92 Å². The fourth-order valence-corrected chi connectivity index (χ4v) is 3.89. The molecule has 0 amide bonds. The van der Waals surface area contributed by atoms with Crippen LogP contribution in [0.25, 0.3) is 0 Å². The fourth-order valence-electron chi connectivity index (χ4n) is 3.04. The van der Waals surface area contributed by atoms with E-state index in [9.17, 15) is 8.42 Å². The van der Waals surface area contributed by atoms with Crippen LogP contribution in [0.1, 0.15) is 32.1 Å². The zero-order chi connectivity index (χ0) is 18.6. The largest absolute Gasteiger partial charge is 0.369 e. The number of rotatable bonds is 6. The predicted molar refractivity (Wildman–Crippen MR) is 106 cm³/mol. The Kier molecular flexibility index (Phi) is 6.10. The van der Waals surface area contributed by atoms with Crippen LogP contribution in [0.15, 0.2) is 39.8 Å². The molecule has 26 heavy (non-hydrogen) atoms. The molecule has 1 aromatic heterocycles. The molecule has 140 valence electrons. The molecule has 2 aromatic rings. The number of primary sulfonamides is 1. The van der Waals surface area contributed by atoms with Crippen LogP contribution in [0.5, 0.6) is 0 Å². The second-order valence-corrected chi connectivity index (χ2v) is 8.89. The Labute approximate surface area is 162 Å². The van der Waals surface area contributed by atoms with E-state index in [0.29, 0.717) is 17.6 Å². The third-order valence-corrected chi connectivity index (χ3v) is 5.98. The normalized spacial score (nSPS) is 15.6. The van der Waals surface area contributed by atoms with Crippen molar-refractivity contribution in [3.05, 3.63) is 34.9 Å². The van der Waals surface area contributed by atoms with Gasteiger partial charge in [0.2, 0.25) is 16.0 Å². The molecule has 0 saturated heterocycles. The molecule has 0 spiro atoms. The number of aromatic nitrogens is 2. The molecule has 9 heteroatoms. The van der Waals surface area contributed by atoms with Gasteiger partial charge in [0.15, 0.2) is 0 Å². The summed E-state index contributed by atoms with van der Waals surface area (Å²) >= 11 is 3.48. The molecule has 1 heterocycles. The number of hydrogen-bond donors (Lipinski definition) is 3. The van der Waals surface area contributed by atoms with E-state index in [2.05, 4.69) is 36.5 Å². The molecule has 4 N–H and O–H groups in total. The monoisotopic (exact) mass is 439 g/mol. The van der Waals surface area contributed by atoms with Crippen molar-refractivity contribution in [2.45, 2.75) is 37.0 Å². The molecular formula is C17H22BrN5O2S. The number of halogens is 1. The first-order chi connectivity index (χ1) is 12.4. The molecule has 0 bridgehead atoms. The molecule has 1 aliphatic carbocycles. The van der Waals surface area contributed by atoms with Gasteiger partial charge in [0.1, 0.15) is 5.82 Å². The fraction of sp³-hybridized carbons (Fsp3) is 0.412. The second kappa shape index (κ2) is 8.32. The van der Waals surface area contributed by atoms with Gasteiger partial charge in [0.05, 0.1) is 9.37 Å². The van der Waals surface area contributed by atoms with Crippen LogP contribution in [0.4, 0.5) is 17.5 Å². The van der Waals surface area contributed by atoms with Crippen LogP contribution < -0.4 is 15.8 Å². The molecule has 0 radical (unpaired) electrons. The molecule has 1 aromatic carbocycles. The zero-order valence-electron chi connectivity index (χ0n) is 14.3. The molecule has 0 atom stereocenters. The first kappa shape index (κ1) is 19.1. The summed E-state index contributed by atoms with van der Waals surface area (Å²) in [7, 11) is -3.70. The number of sulfonamides is 1. The van der Waals surface area contributed by atoms with Crippen molar-refractivity contribution >= 4 is 43.4 Å². The molecule has 1 fully saturated rings. The smallest absolute Gasteiger partial charge is 0.238 e. The number of hydrogen-bond acceptors (Lipinski definition) is 6. The number of nitrogens with one attached hydrogen (secondary N) is 2. The van der Waals surface area contributed by atoms with Gasteiger partial charge in [-0.05, 0) is 59.0 Å². The van der Waals surface area contributed by atoms with Crippen LogP contribution >= 0.6 is 15.9 Å². The van der Waals surface area contributed by atoms with Gasteiger partial charge in [-0.3, -0.25) is 0 Å². The van der Waals surface area contributed by atoms with Crippen LogP contribution in [0.2, 0.25) is 0 Å². The highest BCUT2D eigenvalue weighted by Gasteiger charge is 2.14. The summed E-state index contributed by atoms with van der Waals surface area (Å²) in [6.45, 7) is 0.901. The molecule has 1 aliphatic rings. The summed E-state index contributed by atoms with van der Waals surface area (Å²) in [6, 6.07) is 6.14. The van der Waals surface area contributed by atoms with Crippen molar-refractivity contribution in [1.29, 1.82) is 0 Å². The quantitative estimate of drug-likeness (QED) is 0.633. The number of benzene rings is 1. The lowest BCUT2D eigenvalue weighted by Crippen LogP contribution is -2.18. The molecule has 3 rings (SSSR count). The van der Waals surface area contributed by atoms with Crippen molar-refractivity contribution in [2.75, 3.05) is 17.2 Å². The molecule has 7 nitrogen and oxygen atoms in total. The Morgan fingerprint density at radius 2 is 1.85 bits per heavy atom. The number of anilines is 3. The van der Waals surface area contributed by atoms with E-state index >= 15 is 0 Å². The summed E-state index contributed by atoms with van der Waals surface area (Å²) in [4.78, 5) is 8.81. The van der Waals surface area contributed by atoms with E-state index < -0.39 is 10.0 Å². The first-order valence-corrected chi connectivity index (χ1v) is 10.9. The van der Waals surface area contributed by atoms with Crippen molar-refractivity contribution in [2.24, 2.45) is 11.1 Å². The average Bonchev–Trinajstić information content (AvgIpc) is 2.63. The Hall–Kier alpha value is -1.71. The number of nitrogens with two attached hydrogens (primary N) is 1. The van der Waals surface area contributed by atoms with Gasteiger partial charge in [0.25, 0.3) is 0 Å². The van der Waals surface area contributed by atoms with Gasteiger partial charge in [-0.15, -0.1) is 0 Å².